The molecule has 0 bridgehead atoms. The molecular weight excluding hydrogens is 306 g/mol. The van der Waals surface area contributed by atoms with Crippen LogP contribution in [0.15, 0.2) is 18.2 Å². The number of nitrogens with zero attached hydrogens (tertiary/aromatic N) is 1. The maximum absolute atomic E-state index is 11.8. The summed E-state index contributed by atoms with van der Waals surface area (Å²) in [6, 6.07) is 3.93. The molecule has 3 N–H and O–H groups in total. The lowest BCUT2D eigenvalue weighted by Gasteiger charge is -2.22. The monoisotopic (exact) mass is 325 g/mol. The van der Waals surface area contributed by atoms with Gasteiger partial charge in [-0.25, -0.2) is 0 Å². The number of aliphatic hydroxyl groups is 1. The predicted molar refractivity (Wildman–Crippen MR) is 82.0 cm³/mol. The van der Waals surface area contributed by atoms with E-state index in [1.807, 2.05) is 0 Å². The van der Waals surface area contributed by atoms with Gasteiger partial charge in [0, 0.05) is 25.8 Å². The largest absolute Gasteiger partial charge is 0.386 e. The maximum atomic E-state index is 11.8. The van der Waals surface area contributed by atoms with E-state index in [0.29, 0.717) is 5.56 Å². The van der Waals surface area contributed by atoms with E-state index in [9.17, 15) is 24.8 Å². The standard InChI is InChI=1S/C14H19N3O6/c1-9-4-5-10(17(21)22)6-11(9)16-13(19)12(18)15-7-14(2,20)8-23-3/h4-6,20H,7-8H2,1-3H3,(H,15,18)(H,16,19). The molecule has 0 aliphatic carbocycles. The number of non-ortho nitro benzene ring substituents is 1. The Balaban J connectivity index is 2.70. The van der Waals surface area contributed by atoms with Crippen LogP contribution in [0.25, 0.3) is 0 Å². The number of methoxy groups -OCH3 is 1. The Kier molecular flexibility index (Phi) is 6.17. The summed E-state index contributed by atoms with van der Waals surface area (Å²) in [4.78, 5) is 33.7. The topological polar surface area (TPSA) is 131 Å². The normalized spacial score (nSPS) is 13.0. The fourth-order valence-corrected chi connectivity index (χ4v) is 1.75. The minimum Gasteiger partial charge on any atom is -0.386 e. The lowest BCUT2D eigenvalue weighted by Crippen LogP contribution is -2.46. The molecule has 0 saturated heterocycles. The summed E-state index contributed by atoms with van der Waals surface area (Å²) in [5.74, 6) is -1.95. The number of anilines is 1. The van der Waals surface area contributed by atoms with Crippen molar-refractivity contribution in [1.29, 1.82) is 0 Å². The van der Waals surface area contributed by atoms with Crippen molar-refractivity contribution in [2.45, 2.75) is 19.4 Å². The van der Waals surface area contributed by atoms with E-state index < -0.39 is 22.3 Å². The molecule has 0 aliphatic heterocycles. The highest BCUT2D eigenvalue weighted by Gasteiger charge is 2.23. The summed E-state index contributed by atoms with van der Waals surface area (Å²) in [6.07, 6.45) is 0. The molecule has 0 aromatic heterocycles. The van der Waals surface area contributed by atoms with Gasteiger partial charge in [-0.05, 0) is 19.4 Å². The Morgan fingerprint density at radius 1 is 1.39 bits per heavy atom. The zero-order chi connectivity index (χ0) is 17.6. The second-order valence-electron chi connectivity index (χ2n) is 5.32. The molecule has 9 heteroatoms. The number of amides is 2. The van der Waals surface area contributed by atoms with Crippen molar-refractivity contribution < 1.29 is 24.4 Å². The molecule has 0 spiro atoms. The van der Waals surface area contributed by atoms with Crippen molar-refractivity contribution in [3.63, 3.8) is 0 Å². The van der Waals surface area contributed by atoms with Crippen molar-refractivity contribution in [2.75, 3.05) is 25.6 Å². The van der Waals surface area contributed by atoms with Gasteiger partial charge in [0.05, 0.1) is 17.2 Å². The first-order chi connectivity index (χ1) is 10.7. The highest BCUT2D eigenvalue weighted by molar-refractivity contribution is 6.39. The fourth-order valence-electron chi connectivity index (χ4n) is 1.75. The molecule has 1 aromatic carbocycles. The predicted octanol–water partition coefficient (Wildman–Crippen LogP) is 0.355. The van der Waals surface area contributed by atoms with E-state index in [1.54, 1.807) is 6.92 Å². The van der Waals surface area contributed by atoms with E-state index in [1.165, 1.54) is 32.2 Å². The molecule has 0 radical (unpaired) electrons. The van der Waals surface area contributed by atoms with Gasteiger partial charge in [0.25, 0.3) is 5.69 Å². The van der Waals surface area contributed by atoms with Crippen molar-refractivity contribution in [3.8, 4) is 0 Å². The Morgan fingerprint density at radius 3 is 2.61 bits per heavy atom. The SMILES string of the molecule is COCC(C)(O)CNC(=O)C(=O)Nc1cc([N+](=O)[O-])ccc1C. The highest BCUT2D eigenvalue weighted by Crippen LogP contribution is 2.21. The summed E-state index contributed by atoms with van der Waals surface area (Å²) in [7, 11) is 1.40. The zero-order valence-corrected chi connectivity index (χ0v) is 13.1. The van der Waals surface area contributed by atoms with Gasteiger partial charge in [0.1, 0.15) is 5.60 Å². The van der Waals surface area contributed by atoms with E-state index in [4.69, 9.17) is 4.74 Å². The van der Waals surface area contributed by atoms with Crippen LogP contribution in [0, 0.1) is 17.0 Å². The molecule has 1 rings (SSSR count). The van der Waals surface area contributed by atoms with Gasteiger partial charge in [-0.2, -0.15) is 0 Å². The number of hydrogen-bond donors (Lipinski definition) is 3. The lowest BCUT2D eigenvalue weighted by atomic mass is 10.1. The maximum Gasteiger partial charge on any atom is 0.313 e. The molecule has 0 heterocycles. The zero-order valence-electron chi connectivity index (χ0n) is 13.1. The van der Waals surface area contributed by atoms with Crippen LogP contribution >= 0.6 is 0 Å². The fraction of sp³-hybridized carbons (Fsp3) is 0.429. The van der Waals surface area contributed by atoms with Crippen LogP contribution in [0.5, 0.6) is 0 Å². The summed E-state index contributed by atoms with van der Waals surface area (Å²) < 4.78 is 4.78. The summed E-state index contributed by atoms with van der Waals surface area (Å²) in [6.45, 7) is 2.89. The van der Waals surface area contributed by atoms with Crippen LogP contribution in [0.3, 0.4) is 0 Å². The first-order valence-electron chi connectivity index (χ1n) is 6.72. The van der Waals surface area contributed by atoms with Crippen molar-refractivity contribution in [3.05, 3.63) is 33.9 Å². The van der Waals surface area contributed by atoms with Gasteiger partial charge >= 0.3 is 11.8 Å². The number of nitrogens with one attached hydrogen (secondary N) is 2. The average molecular weight is 325 g/mol. The number of carbonyl (C=O) groups excluding carboxylic acids is 2. The molecule has 2 amide bonds. The van der Waals surface area contributed by atoms with Crippen molar-refractivity contribution >= 4 is 23.2 Å². The summed E-state index contributed by atoms with van der Waals surface area (Å²) in [5.41, 5.74) is -0.771. The van der Waals surface area contributed by atoms with Gasteiger partial charge < -0.3 is 20.5 Å². The molecule has 126 valence electrons. The van der Waals surface area contributed by atoms with Gasteiger partial charge in [-0.1, -0.05) is 6.07 Å². The molecule has 1 unspecified atom stereocenters. The summed E-state index contributed by atoms with van der Waals surface area (Å²) in [5, 5.41) is 25.1. The van der Waals surface area contributed by atoms with Crippen LogP contribution in [0.2, 0.25) is 0 Å². The second-order valence-corrected chi connectivity index (χ2v) is 5.32. The summed E-state index contributed by atoms with van der Waals surface area (Å²) >= 11 is 0. The third-order valence-corrected chi connectivity index (χ3v) is 2.97. The minimum absolute atomic E-state index is 0.0150. The van der Waals surface area contributed by atoms with Crippen LogP contribution in [0.4, 0.5) is 11.4 Å². The van der Waals surface area contributed by atoms with Crippen LogP contribution in [-0.2, 0) is 14.3 Å². The first kappa shape index (κ1) is 18.5. The van der Waals surface area contributed by atoms with Crippen molar-refractivity contribution in [2.24, 2.45) is 0 Å². The Morgan fingerprint density at radius 2 is 2.04 bits per heavy atom. The number of hydrogen-bond acceptors (Lipinski definition) is 6. The third-order valence-electron chi connectivity index (χ3n) is 2.97. The van der Waals surface area contributed by atoms with Gasteiger partial charge in [-0.15, -0.1) is 0 Å². The van der Waals surface area contributed by atoms with Gasteiger partial charge in [-0.3, -0.25) is 19.7 Å². The van der Waals surface area contributed by atoms with E-state index in [-0.39, 0.29) is 24.5 Å². The third kappa shape index (κ3) is 5.64. The molecule has 1 atom stereocenters. The molecular formula is C14H19N3O6. The number of aryl methyl sites for hydroxylation is 1. The number of carbonyl (C=O) groups is 2. The molecule has 0 aliphatic rings. The number of ether oxygens (including phenoxy) is 1. The number of benzene rings is 1. The second kappa shape index (κ2) is 7.65. The first-order valence-corrected chi connectivity index (χ1v) is 6.72. The van der Waals surface area contributed by atoms with Crippen molar-refractivity contribution in [1.82, 2.24) is 5.32 Å². The number of nitro benzene ring substituents is 1. The molecule has 9 nitrogen and oxygen atoms in total. The average Bonchev–Trinajstić information content (AvgIpc) is 2.46. The van der Waals surface area contributed by atoms with Gasteiger partial charge in [0.2, 0.25) is 0 Å². The molecule has 0 saturated carbocycles. The molecule has 1 aromatic rings. The number of rotatable bonds is 6. The smallest absolute Gasteiger partial charge is 0.313 e. The molecule has 0 fully saturated rings. The van der Waals surface area contributed by atoms with E-state index in [2.05, 4.69) is 10.6 Å². The van der Waals surface area contributed by atoms with Crippen LogP contribution < -0.4 is 10.6 Å². The molecule has 23 heavy (non-hydrogen) atoms. The highest BCUT2D eigenvalue weighted by atomic mass is 16.6. The van der Waals surface area contributed by atoms with Gasteiger partial charge in [0.15, 0.2) is 0 Å². The van der Waals surface area contributed by atoms with E-state index >= 15 is 0 Å². The Labute approximate surface area is 132 Å². The van der Waals surface area contributed by atoms with Crippen LogP contribution in [0.1, 0.15) is 12.5 Å². The van der Waals surface area contributed by atoms with E-state index in [0.717, 1.165) is 0 Å². The lowest BCUT2D eigenvalue weighted by molar-refractivity contribution is -0.384. The number of nitro groups is 1. The quantitative estimate of drug-likeness (QED) is 0.393. The Bertz CT molecular complexity index is 615. The van der Waals surface area contributed by atoms with Crippen LogP contribution in [-0.4, -0.2) is 47.7 Å². The minimum atomic E-state index is -1.31. The Hall–Kier alpha value is -2.52.